The van der Waals surface area contributed by atoms with Crippen LogP contribution < -0.4 is 4.72 Å². The van der Waals surface area contributed by atoms with Crippen LogP contribution in [0.25, 0.3) is 11.1 Å². The van der Waals surface area contributed by atoms with Gasteiger partial charge in [-0.2, -0.15) is 0 Å². The summed E-state index contributed by atoms with van der Waals surface area (Å²) in [6.07, 6.45) is 5.02. The fraction of sp³-hybridized carbons (Fsp3) is 0.261. The van der Waals surface area contributed by atoms with Crippen LogP contribution in [-0.2, 0) is 14.8 Å². The van der Waals surface area contributed by atoms with Crippen LogP contribution in [0.4, 0.5) is 0 Å². The van der Waals surface area contributed by atoms with Crippen molar-refractivity contribution in [2.75, 3.05) is 13.2 Å². The van der Waals surface area contributed by atoms with E-state index in [4.69, 9.17) is 16.3 Å². The quantitative estimate of drug-likeness (QED) is 0.592. The largest absolute Gasteiger partial charge is 0.381 e. The Morgan fingerprint density at radius 2 is 1.77 bits per heavy atom. The average Bonchev–Trinajstić information content (AvgIpc) is 2.79. The number of rotatable bonds is 6. The van der Waals surface area contributed by atoms with Gasteiger partial charge in [0.1, 0.15) is 0 Å². The molecule has 0 saturated carbocycles. The van der Waals surface area contributed by atoms with Gasteiger partial charge in [-0.1, -0.05) is 41.9 Å². The Morgan fingerprint density at radius 1 is 1.00 bits per heavy atom. The van der Waals surface area contributed by atoms with Crippen molar-refractivity contribution < 1.29 is 13.2 Å². The van der Waals surface area contributed by atoms with Crippen molar-refractivity contribution in [1.82, 2.24) is 9.71 Å². The van der Waals surface area contributed by atoms with E-state index in [0.717, 1.165) is 29.5 Å². The van der Waals surface area contributed by atoms with Gasteiger partial charge in [-0.15, -0.1) is 0 Å². The van der Waals surface area contributed by atoms with Gasteiger partial charge in [0, 0.05) is 30.6 Å². The molecule has 156 valence electrons. The van der Waals surface area contributed by atoms with E-state index < -0.39 is 10.0 Å². The Kier molecular flexibility index (Phi) is 6.49. The SMILES string of the molecule is O=S(=O)(NC(c1cccnc1)C1CCOCC1)c1ccc(-c2cccc(Cl)c2)cc1. The first-order chi connectivity index (χ1) is 14.5. The molecule has 1 aromatic heterocycles. The highest BCUT2D eigenvalue weighted by atomic mass is 35.5. The molecule has 30 heavy (non-hydrogen) atoms. The second kappa shape index (κ2) is 9.27. The second-order valence-electron chi connectivity index (χ2n) is 7.37. The van der Waals surface area contributed by atoms with Crippen LogP contribution in [0.15, 0.2) is 78.0 Å². The lowest BCUT2D eigenvalue weighted by molar-refractivity contribution is 0.0564. The lowest BCUT2D eigenvalue weighted by Gasteiger charge is -2.31. The van der Waals surface area contributed by atoms with Gasteiger partial charge in [-0.05, 0) is 65.8 Å². The lowest BCUT2D eigenvalue weighted by Crippen LogP contribution is -2.36. The van der Waals surface area contributed by atoms with Gasteiger partial charge >= 0.3 is 0 Å². The van der Waals surface area contributed by atoms with Crippen molar-refractivity contribution in [3.63, 3.8) is 0 Å². The minimum Gasteiger partial charge on any atom is -0.381 e. The molecule has 1 N–H and O–H groups in total. The number of ether oxygens (including phenoxy) is 1. The number of nitrogens with one attached hydrogen (secondary N) is 1. The third-order valence-corrected chi connectivity index (χ3v) is 7.08. The highest BCUT2D eigenvalue weighted by Crippen LogP contribution is 2.32. The number of benzene rings is 2. The van der Waals surface area contributed by atoms with Gasteiger partial charge in [0.2, 0.25) is 10.0 Å². The van der Waals surface area contributed by atoms with E-state index in [2.05, 4.69) is 9.71 Å². The Hall–Kier alpha value is -2.25. The molecule has 3 aromatic rings. The molecule has 1 aliphatic rings. The molecule has 1 unspecified atom stereocenters. The standard InChI is InChI=1S/C23H23ClN2O3S/c24-21-5-1-3-19(15-21)17-6-8-22(9-7-17)30(27,28)26-23(18-10-13-29-14-11-18)20-4-2-12-25-16-20/h1-9,12,15-16,18,23,26H,10-11,13-14H2. The van der Waals surface area contributed by atoms with E-state index in [1.54, 1.807) is 36.7 Å². The molecule has 4 rings (SSSR count). The van der Waals surface area contributed by atoms with E-state index >= 15 is 0 Å². The number of nitrogens with zero attached hydrogens (tertiary/aromatic N) is 1. The zero-order valence-electron chi connectivity index (χ0n) is 16.4. The number of hydrogen-bond acceptors (Lipinski definition) is 4. The molecule has 7 heteroatoms. The summed E-state index contributed by atoms with van der Waals surface area (Å²) in [5.74, 6) is 0.156. The zero-order valence-corrected chi connectivity index (χ0v) is 17.9. The predicted molar refractivity (Wildman–Crippen MR) is 118 cm³/mol. The molecule has 2 aromatic carbocycles. The predicted octanol–water partition coefficient (Wildman–Crippen LogP) is 4.85. The van der Waals surface area contributed by atoms with E-state index in [9.17, 15) is 8.42 Å². The first-order valence-corrected chi connectivity index (χ1v) is 11.7. The van der Waals surface area contributed by atoms with Crippen LogP contribution in [0, 0.1) is 5.92 Å². The van der Waals surface area contributed by atoms with E-state index in [1.165, 1.54) is 0 Å². The van der Waals surface area contributed by atoms with E-state index in [0.29, 0.717) is 18.2 Å². The third kappa shape index (κ3) is 4.90. The lowest BCUT2D eigenvalue weighted by atomic mass is 9.88. The van der Waals surface area contributed by atoms with Crippen molar-refractivity contribution in [3.05, 3.63) is 83.6 Å². The molecule has 1 fully saturated rings. The number of pyridine rings is 1. The van der Waals surface area contributed by atoms with Crippen molar-refractivity contribution in [2.24, 2.45) is 5.92 Å². The fourth-order valence-electron chi connectivity index (χ4n) is 3.78. The van der Waals surface area contributed by atoms with Gasteiger partial charge in [-0.3, -0.25) is 4.98 Å². The van der Waals surface area contributed by atoms with Gasteiger partial charge in [0.15, 0.2) is 0 Å². The highest BCUT2D eigenvalue weighted by molar-refractivity contribution is 7.89. The van der Waals surface area contributed by atoms with Crippen LogP contribution in [-0.4, -0.2) is 26.6 Å². The first-order valence-electron chi connectivity index (χ1n) is 9.89. The second-order valence-corrected chi connectivity index (χ2v) is 9.52. The summed E-state index contributed by atoms with van der Waals surface area (Å²) in [6, 6.07) is 17.7. The monoisotopic (exact) mass is 442 g/mol. The molecule has 5 nitrogen and oxygen atoms in total. The molecule has 0 aliphatic carbocycles. The number of aromatic nitrogens is 1. The summed E-state index contributed by atoms with van der Waals surface area (Å²) in [6.45, 7) is 1.27. The highest BCUT2D eigenvalue weighted by Gasteiger charge is 2.30. The van der Waals surface area contributed by atoms with Gasteiger partial charge < -0.3 is 4.74 Å². The topological polar surface area (TPSA) is 68.3 Å². The number of sulfonamides is 1. The van der Waals surface area contributed by atoms with Crippen molar-refractivity contribution in [2.45, 2.75) is 23.8 Å². The van der Waals surface area contributed by atoms with Gasteiger partial charge in [0.25, 0.3) is 0 Å². The summed E-state index contributed by atoms with van der Waals surface area (Å²) >= 11 is 6.07. The molecule has 1 aliphatic heterocycles. The van der Waals surface area contributed by atoms with Crippen molar-refractivity contribution in [1.29, 1.82) is 0 Å². The van der Waals surface area contributed by atoms with Crippen LogP contribution in [0.5, 0.6) is 0 Å². The van der Waals surface area contributed by atoms with Crippen LogP contribution in [0.3, 0.4) is 0 Å². The maximum Gasteiger partial charge on any atom is 0.241 e. The Morgan fingerprint density at radius 3 is 2.43 bits per heavy atom. The zero-order chi connectivity index (χ0) is 21.0. The van der Waals surface area contributed by atoms with Crippen molar-refractivity contribution >= 4 is 21.6 Å². The molecule has 0 radical (unpaired) electrons. The van der Waals surface area contributed by atoms with E-state index in [1.807, 2.05) is 36.4 Å². The van der Waals surface area contributed by atoms with Gasteiger partial charge in [0.05, 0.1) is 10.9 Å². The molecule has 0 bridgehead atoms. The first kappa shape index (κ1) is 21.0. The Balaban J connectivity index is 1.59. The number of halogens is 1. The summed E-state index contributed by atoms with van der Waals surface area (Å²) in [7, 11) is -3.71. The van der Waals surface area contributed by atoms with E-state index in [-0.39, 0.29) is 16.9 Å². The minimum atomic E-state index is -3.71. The molecular formula is C23H23ClN2O3S. The van der Waals surface area contributed by atoms with Crippen LogP contribution in [0.2, 0.25) is 5.02 Å². The maximum absolute atomic E-state index is 13.2. The summed E-state index contributed by atoms with van der Waals surface area (Å²) in [5, 5.41) is 0.640. The third-order valence-electron chi connectivity index (χ3n) is 5.39. The molecule has 0 amide bonds. The molecular weight excluding hydrogens is 420 g/mol. The molecule has 0 spiro atoms. The van der Waals surface area contributed by atoms with Crippen molar-refractivity contribution in [3.8, 4) is 11.1 Å². The molecule has 2 heterocycles. The summed E-state index contributed by atoms with van der Waals surface area (Å²) in [4.78, 5) is 4.41. The Bertz CT molecular complexity index is 1080. The Labute approximate surface area is 182 Å². The normalized spacial score (nSPS) is 16.3. The fourth-order valence-corrected chi connectivity index (χ4v) is 5.26. The minimum absolute atomic E-state index is 0.156. The van der Waals surface area contributed by atoms with Gasteiger partial charge in [-0.25, -0.2) is 13.1 Å². The maximum atomic E-state index is 13.2. The molecule has 1 atom stereocenters. The number of hydrogen-bond donors (Lipinski definition) is 1. The average molecular weight is 443 g/mol. The van der Waals surface area contributed by atoms with Crippen LogP contribution >= 0.6 is 11.6 Å². The summed E-state index contributed by atoms with van der Waals surface area (Å²) < 4.78 is 34.7. The summed E-state index contributed by atoms with van der Waals surface area (Å²) in [5.41, 5.74) is 2.71. The molecule has 1 saturated heterocycles. The smallest absolute Gasteiger partial charge is 0.241 e. The van der Waals surface area contributed by atoms with Crippen LogP contribution in [0.1, 0.15) is 24.4 Å².